The van der Waals surface area contributed by atoms with Gasteiger partial charge in [-0.3, -0.25) is 29.6 Å². The minimum atomic E-state index is -4.02. The largest absolute Gasteiger partial charge is 0.322 e. The van der Waals surface area contributed by atoms with E-state index in [1.807, 2.05) is 65.0 Å². The zero-order chi connectivity index (χ0) is 33.7. The number of ketones is 1. The van der Waals surface area contributed by atoms with Gasteiger partial charge in [0, 0.05) is 5.41 Å². The lowest BCUT2D eigenvalue weighted by Gasteiger charge is -2.44. The molecule has 44 heavy (non-hydrogen) atoms. The number of hydrogen-bond donors (Lipinski definition) is 6. The molecule has 11 nitrogen and oxygen atoms in total. The third-order valence-corrected chi connectivity index (χ3v) is 8.39. The fraction of sp³-hybridized carbons (Fsp3) is 0.531. The van der Waals surface area contributed by atoms with Gasteiger partial charge in [0.25, 0.3) is 10.1 Å². The van der Waals surface area contributed by atoms with Gasteiger partial charge in [-0.25, -0.2) is 11.3 Å². The van der Waals surface area contributed by atoms with Crippen LogP contribution in [0.3, 0.4) is 0 Å². The van der Waals surface area contributed by atoms with Gasteiger partial charge >= 0.3 is 0 Å². The highest BCUT2D eigenvalue weighted by Crippen LogP contribution is 2.46. The van der Waals surface area contributed by atoms with Crippen molar-refractivity contribution in [2.45, 2.75) is 84.6 Å². The van der Waals surface area contributed by atoms with E-state index >= 15 is 0 Å². The fourth-order valence-electron chi connectivity index (χ4n) is 5.80. The molecule has 2 amide bonds. The molecule has 4 atom stereocenters. The minimum absolute atomic E-state index is 0.0408. The predicted octanol–water partition coefficient (Wildman–Crippen LogP) is 3.97. The minimum Gasteiger partial charge on any atom is -0.322 e. The molecule has 2 unspecified atom stereocenters. The summed E-state index contributed by atoms with van der Waals surface area (Å²) in [6.07, 6.45) is 2.35. The van der Waals surface area contributed by atoms with E-state index in [0.29, 0.717) is 32.1 Å². The number of aryl methyl sites for hydroxylation is 2. The second kappa shape index (κ2) is 18.0. The molecule has 0 fully saturated rings. The maximum Gasteiger partial charge on any atom is 0.294 e. The van der Waals surface area contributed by atoms with E-state index in [1.165, 1.54) is 12.1 Å². The lowest BCUT2D eigenvalue weighted by molar-refractivity contribution is -0.155. The van der Waals surface area contributed by atoms with E-state index in [0.717, 1.165) is 11.1 Å². The van der Waals surface area contributed by atoms with Crippen molar-refractivity contribution in [2.24, 2.45) is 40.7 Å². The summed E-state index contributed by atoms with van der Waals surface area (Å²) < 4.78 is 29.6. The summed E-state index contributed by atoms with van der Waals surface area (Å²) in [7, 11) is -4.02. The smallest absolute Gasteiger partial charge is 0.294 e. The Labute approximate surface area is 261 Å². The van der Waals surface area contributed by atoms with Crippen molar-refractivity contribution in [3.05, 3.63) is 65.7 Å². The Morgan fingerprint density at radius 3 is 1.91 bits per heavy atom. The van der Waals surface area contributed by atoms with Crippen LogP contribution in [0.15, 0.2) is 59.5 Å². The average Bonchev–Trinajstić information content (AvgIpc) is 2.95. The second-order valence-electron chi connectivity index (χ2n) is 12.2. The summed E-state index contributed by atoms with van der Waals surface area (Å²) in [4.78, 5) is 39.7. The maximum absolute atomic E-state index is 13.8. The van der Waals surface area contributed by atoms with Crippen LogP contribution in [0, 0.1) is 36.0 Å². The molecule has 0 aliphatic heterocycles. The molecule has 0 spiro atoms. The van der Waals surface area contributed by atoms with E-state index in [9.17, 15) is 28.0 Å². The molecule has 0 saturated heterocycles. The molecule has 0 saturated carbocycles. The van der Waals surface area contributed by atoms with Crippen molar-refractivity contribution in [1.82, 2.24) is 10.9 Å². The van der Waals surface area contributed by atoms with Crippen LogP contribution in [0.5, 0.6) is 0 Å². The zero-order valence-electron chi connectivity index (χ0n) is 26.6. The molecular formula is C32H50N4O7S. The van der Waals surface area contributed by atoms with E-state index < -0.39 is 45.2 Å². The first-order valence-corrected chi connectivity index (χ1v) is 16.3. The Hall–Kier alpha value is -3.16. The molecule has 12 heteroatoms. The van der Waals surface area contributed by atoms with Crippen LogP contribution in [0.1, 0.15) is 71.4 Å². The first-order valence-electron chi connectivity index (χ1n) is 14.8. The van der Waals surface area contributed by atoms with Crippen molar-refractivity contribution in [1.29, 1.82) is 0 Å². The van der Waals surface area contributed by atoms with Crippen LogP contribution >= 0.6 is 0 Å². The van der Waals surface area contributed by atoms with Gasteiger partial charge in [-0.1, -0.05) is 75.7 Å². The van der Waals surface area contributed by atoms with Crippen molar-refractivity contribution < 1.29 is 32.6 Å². The molecule has 2 aromatic rings. The van der Waals surface area contributed by atoms with Gasteiger partial charge in [0.2, 0.25) is 11.8 Å². The number of hydrazine groups is 1. The van der Waals surface area contributed by atoms with Crippen LogP contribution < -0.4 is 22.5 Å². The number of nitrogens with two attached hydrogens (primary N) is 2. The number of hydrogen-bond acceptors (Lipinski definition) is 8. The molecule has 0 heterocycles. The van der Waals surface area contributed by atoms with Gasteiger partial charge < -0.3 is 5.73 Å². The molecule has 0 aliphatic carbocycles. The molecule has 0 radical (unpaired) electrons. The number of carbonyl (C=O) groups is 3. The second-order valence-corrected chi connectivity index (χ2v) is 13.7. The van der Waals surface area contributed by atoms with Crippen LogP contribution in [0.4, 0.5) is 0 Å². The van der Waals surface area contributed by atoms with Crippen LogP contribution in [-0.4, -0.2) is 41.8 Å². The summed E-state index contributed by atoms with van der Waals surface area (Å²) in [6.45, 7) is 11.2. The standard InChI is InChI=1S/C25H42N4O4.C7H8O3S/c1-16(2)14-20(23(31)28-27)21(24(32)29-33)25(15-17(3)4,22(30)18(5)26)13-9-12-19-10-7-6-8-11-19;1-6-2-4-7(5-3-6)11(8,9)10/h6-8,10-11,16-18,20-21,33H,9,12-15,26-27H2,1-5H3,(H,28,31)(H,29,32);2-5H,1H3,(H,8,9,10)/t18-,20-,21?,25?;/m1./s1. The first-order chi connectivity index (χ1) is 20.5. The lowest BCUT2D eigenvalue weighted by atomic mass is 9.58. The van der Waals surface area contributed by atoms with E-state index in [1.54, 1.807) is 24.5 Å². The Bertz CT molecular complexity index is 1300. The Balaban J connectivity index is 0.000000733. The van der Waals surface area contributed by atoms with Gasteiger partial charge in [-0.15, -0.1) is 0 Å². The zero-order valence-corrected chi connectivity index (χ0v) is 27.4. The van der Waals surface area contributed by atoms with Crippen LogP contribution in [-0.2, 0) is 30.9 Å². The molecular weight excluding hydrogens is 584 g/mol. The summed E-state index contributed by atoms with van der Waals surface area (Å²) in [6, 6.07) is 15.0. The highest BCUT2D eigenvalue weighted by Gasteiger charge is 2.54. The predicted molar refractivity (Wildman–Crippen MR) is 170 cm³/mol. The number of rotatable bonds is 15. The number of benzene rings is 2. The number of nitrogens with one attached hydrogen (secondary N) is 2. The summed E-state index contributed by atoms with van der Waals surface area (Å²) in [5.41, 5.74) is 10.8. The van der Waals surface area contributed by atoms with Gasteiger partial charge in [-0.2, -0.15) is 8.42 Å². The Morgan fingerprint density at radius 2 is 1.48 bits per heavy atom. The summed E-state index contributed by atoms with van der Waals surface area (Å²) in [5.74, 6) is 1.97. The van der Waals surface area contributed by atoms with E-state index in [2.05, 4.69) is 5.43 Å². The Morgan fingerprint density at radius 1 is 0.909 bits per heavy atom. The number of hydroxylamine groups is 1. The molecule has 246 valence electrons. The molecule has 2 aromatic carbocycles. The van der Waals surface area contributed by atoms with Crippen LogP contribution in [0.25, 0.3) is 0 Å². The third kappa shape index (κ3) is 11.7. The average molecular weight is 635 g/mol. The number of Topliss-reactive ketones (excluding diaryl/α,β-unsaturated/α-hetero) is 1. The molecule has 0 aromatic heterocycles. The van der Waals surface area contributed by atoms with Crippen molar-refractivity contribution in [2.75, 3.05) is 0 Å². The number of amides is 2. The Kier molecular flexibility index (Phi) is 15.9. The van der Waals surface area contributed by atoms with E-state index in [-0.39, 0.29) is 22.5 Å². The quantitative estimate of drug-likeness (QED) is 0.0551. The van der Waals surface area contributed by atoms with Crippen molar-refractivity contribution in [3.8, 4) is 0 Å². The monoisotopic (exact) mass is 634 g/mol. The van der Waals surface area contributed by atoms with Crippen molar-refractivity contribution >= 4 is 27.7 Å². The van der Waals surface area contributed by atoms with Gasteiger partial charge in [-0.05, 0) is 75.5 Å². The number of carbonyl (C=O) groups excluding carboxylic acids is 3. The van der Waals surface area contributed by atoms with Gasteiger partial charge in [0.1, 0.15) is 0 Å². The summed E-state index contributed by atoms with van der Waals surface area (Å²) >= 11 is 0. The molecule has 0 aliphatic rings. The molecule has 8 N–H and O–H groups in total. The summed E-state index contributed by atoms with van der Waals surface area (Å²) in [5, 5.41) is 9.66. The normalized spacial score (nSPS) is 14.9. The fourth-order valence-corrected chi connectivity index (χ4v) is 6.28. The lowest BCUT2D eigenvalue weighted by Crippen LogP contribution is -2.57. The SMILES string of the molecule is CC(C)C[C@@H](C(=O)NN)C(C(=O)NO)C(CCCc1ccccc1)(CC(C)C)C(=O)[C@@H](C)N.Cc1ccc(S(=O)(=O)O)cc1. The maximum atomic E-state index is 13.8. The third-order valence-electron chi connectivity index (χ3n) is 7.52. The highest BCUT2D eigenvalue weighted by molar-refractivity contribution is 7.85. The van der Waals surface area contributed by atoms with Gasteiger partial charge in [0.05, 0.1) is 22.8 Å². The topological polar surface area (TPSA) is 202 Å². The molecule has 2 rings (SSSR count). The van der Waals surface area contributed by atoms with Crippen LogP contribution in [0.2, 0.25) is 0 Å². The highest BCUT2D eigenvalue weighted by atomic mass is 32.2. The van der Waals surface area contributed by atoms with Gasteiger partial charge in [0.15, 0.2) is 5.78 Å². The van der Waals surface area contributed by atoms with E-state index in [4.69, 9.17) is 16.1 Å². The van der Waals surface area contributed by atoms with Crippen molar-refractivity contribution in [3.63, 3.8) is 0 Å². The molecule has 0 bridgehead atoms. The first kappa shape index (κ1) is 38.9.